The minimum atomic E-state index is -0.455. The number of hydrogen-bond acceptors (Lipinski definition) is 12. The molecule has 0 unspecified atom stereocenters. The fourth-order valence-corrected chi connectivity index (χ4v) is 0.494. The first-order valence-corrected chi connectivity index (χ1v) is 9.51. The molecule has 0 N–H and O–H groups in total. The van der Waals surface area contributed by atoms with Crippen molar-refractivity contribution in [1.29, 1.82) is 0 Å². The van der Waals surface area contributed by atoms with E-state index in [4.69, 9.17) is 0 Å². The Morgan fingerprint density at radius 1 is 0.433 bits per heavy atom. The van der Waals surface area contributed by atoms with E-state index in [1.165, 1.54) is 41.5 Å². The van der Waals surface area contributed by atoms with Crippen molar-refractivity contribution in [2.24, 2.45) is 0 Å². The molecule has 0 aromatic rings. The fraction of sp³-hybridized carbons (Fsp3) is 0.375. The smallest absolute Gasteiger partial charge is 0.307 e. The van der Waals surface area contributed by atoms with Crippen LogP contribution < -0.4 is 0 Å². The Morgan fingerprint density at radius 2 is 0.567 bits per heavy atom. The lowest BCUT2D eigenvalue weighted by Crippen LogP contribution is -1.93. The molecule has 0 bridgehead atoms. The maximum Gasteiger partial charge on any atom is 0.307 e. The Balaban J connectivity index is -0.000000159. The molecule has 0 aliphatic carbocycles. The molecule has 0 spiro atoms. The van der Waals surface area contributed by atoms with Crippen LogP contribution in [-0.4, -0.2) is 56.8 Å². The van der Waals surface area contributed by atoms with E-state index in [-0.39, 0.29) is 11.9 Å². The Labute approximate surface area is 180 Å². The van der Waals surface area contributed by atoms with Crippen molar-refractivity contribution in [1.82, 2.24) is 0 Å². The molecule has 30 heavy (non-hydrogen) atoms. The van der Waals surface area contributed by atoms with E-state index < -0.39 is 23.9 Å². The Morgan fingerprint density at radius 3 is 0.633 bits per heavy atom. The average molecular weight is 469 g/mol. The molecular formula is C16H28O12Si2. The molecule has 0 aliphatic heterocycles. The number of hydrogen-bond donors (Lipinski definition) is 0. The van der Waals surface area contributed by atoms with Gasteiger partial charge in [-0.25, -0.2) is 0 Å². The van der Waals surface area contributed by atoms with E-state index in [1.54, 1.807) is 0 Å². The third kappa shape index (κ3) is 64.2. The molecule has 0 aliphatic rings. The van der Waals surface area contributed by atoms with Crippen molar-refractivity contribution in [3.05, 3.63) is 25.0 Å². The maximum absolute atomic E-state index is 10.1. The molecule has 0 saturated heterocycles. The van der Waals surface area contributed by atoms with Crippen LogP contribution >= 0.6 is 0 Å². The summed E-state index contributed by atoms with van der Waals surface area (Å²) in [7, 11) is 1.05. The first kappa shape index (κ1) is 34.3. The molecule has 14 heteroatoms. The van der Waals surface area contributed by atoms with Gasteiger partial charge in [-0.2, -0.15) is 0 Å². The minimum Gasteiger partial charge on any atom is -0.529 e. The molecule has 0 heterocycles. The largest absolute Gasteiger partial charge is 0.529 e. The van der Waals surface area contributed by atoms with Gasteiger partial charge in [-0.3, -0.25) is 28.8 Å². The molecule has 0 saturated carbocycles. The third-order valence-electron chi connectivity index (χ3n) is 1.62. The Bertz CT molecular complexity index is 511. The van der Waals surface area contributed by atoms with E-state index in [2.05, 4.69) is 27.8 Å². The van der Waals surface area contributed by atoms with Crippen LogP contribution in [-0.2, 0) is 56.6 Å². The number of ether oxygens (including phenoxy) is 4. The van der Waals surface area contributed by atoms with Gasteiger partial charge in [0.05, 0.1) is 0 Å². The first-order valence-electron chi connectivity index (χ1n) is 7.88. The van der Waals surface area contributed by atoms with Crippen molar-refractivity contribution >= 4 is 56.8 Å². The Kier molecular flexibility index (Phi) is 29.4. The molecule has 12 nitrogen and oxygen atoms in total. The summed E-state index contributed by atoms with van der Waals surface area (Å²) in [6, 6.07) is 0. The summed E-state index contributed by atoms with van der Waals surface area (Å²) in [6.07, 6.45) is 4.01. The average Bonchev–Trinajstić information content (AvgIpc) is 2.63. The molecule has 0 atom stereocenters. The molecule has 0 rings (SSSR count). The van der Waals surface area contributed by atoms with Gasteiger partial charge in [0.1, 0.15) is 25.0 Å². The summed E-state index contributed by atoms with van der Waals surface area (Å²) < 4.78 is 25.7. The van der Waals surface area contributed by atoms with E-state index in [0.29, 0.717) is 21.0 Å². The Hall–Kier alpha value is -3.27. The zero-order valence-corrected chi connectivity index (χ0v) is 22.2. The van der Waals surface area contributed by atoms with E-state index >= 15 is 0 Å². The second-order valence-corrected chi connectivity index (χ2v) is 5.19. The summed E-state index contributed by atoms with van der Waals surface area (Å²) in [6.45, 7) is 7.78. The molecule has 0 aromatic heterocycles. The predicted octanol–water partition coefficient (Wildman–Crippen LogP) is -1.17. The van der Waals surface area contributed by atoms with Gasteiger partial charge in [0.25, 0.3) is 11.9 Å². The van der Waals surface area contributed by atoms with Gasteiger partial charge >= 0.3 is 23.9 Å². The second-order valence-electron chi connectivity index (χ2n) is 4.37. The number of rotatable bonds is 4. The van der Waals surface area contributed by atoms with Crippen molar-refractivity contribution in [2.45, 2.75) is 41.5 Å². The van der Waals surface area contributed by atoms with Crippen LogP contribution in [0.4, 0.5) is 0 Å². The number of carbonyl (C=O) groups is 6. The molecule has 0 amide bonds. The van der Waals surface area contributed by atoms with E-state index in [0.717, 1.165) is 25.0 Å². The number of esters is 4. The van der Waals surface area contributed by atoms with Crippen LogP contribution in [0.2, 0.25) is 0 Å². The van der Waals surface area contributed by atoms with Crippen LogP contribution in [0.25, 0.3) is 0 Å². The highest BCUT2D eigenvalue weighted by Crippen LogP contribution is 1.82. The molecular weight excluding hydrogens is 440 g/mol. The van der Waals surface area contributed by atoms with Gasteiger partial charge in [0.15, 0.2) is 0 Å². The quantitative estimate of drug-likeness (QED) is 0.211. The van der Waals surface area contributed by atoms with Crippen molar-refractivity contribution < 1.29 is 56.6 Å². The van der Waals surface area contributed by atoms with Crippen LogP contribution in [0.15, 0.2) is 25.0 Å². The van der Waals surface area contributed by atoms with Gasteiger partial charge in [-0.15, -0.1) is 0 Å². The molecule has 0 fully saturated rings. The first-order chi connectivity index (χ1) is 13.8. The lowest BCUT2D eigenvalue weighted by molar-refractivity contribution is -0.138. The molecule has 0 radical (unpaired) electrons. The third-order valence-corrected chi connectivity index (χ3v) is 2.77. The van der Waals surface area contributed by atoms with Crippen LogP contribution in [0.1, 0.15) is 41.5 Å². The second kappa shape index (κ2) is 25.7. The van der Waals surface area contributed by atoms with Crippen LogP contribution in [0.3, 0.4) is 0 Å². The zero-order valence-electron chi connectivity index (χ0n) is 18.2. The zero-order chi connectivity index (χ0) is 24.5. The summed E-state index contributed by atoms with van der Waals surface area (Å²) in [5, 5.41) is 0. The maximum atomic E-state index is 10.1. The van der Waals surface area contributed by atoms with Gasteiger partial charge in [0, 0.05) is 41.5 Å². The highest BCUT2D eigenvalue weighted by molar-refractivity contribution is 6.05. The topological polar surface area (TPSA) is 158 Å². The summed E-state index contributed by atoms with van der Waals surface area (Å²) in [5.41, 5.74) is 0. The fourth-order valence-electron chi connectivity index (χ4n) is 0.494. The van der Waals surface area contributed by atoms with E-state index in [1.807, 2.05) is 0 Å². The van der Waals surface area contributed by atoms with Gasteiger partial charge < -0.3 is 27.8 Å². The minimum absolute atomic E-state index is 0.184. The standard InChI is InChI=1S/2C6H8O4.2C2H6O2Si/c2*1-5(7)9-3-4-10-6(2)8;2*1-2(3)4-5/h2*3-4H,1-2H3;2*1,5H3. The molecule has 0 aromatic carbocycles. The van der Waals surface area contributed by atoms with Crippen molar-refractivity contribution in [2.75, 3.05) is 0 Å². The van der Waals surface area contributed by atoms with Crippen LogP contribution in [0.5, 0.6) is 0 Å². The number of carbonyl (C=O) groups excluding carboxylic acids is 6. The van der Waals surface area contributed by atoms with Gasteiger partial charge in [-0.05, 0) is 0 Å². The lowest BCUT2D eigenvalue weighted by atomic mass is 10.8. The summed E-state index contributed by atoms with van der Waals surface area (Å²) >= 11 is 0. The highest BCUT2D eigenvalue weighted by Gasteiger charge is 1.87. The SMILES string of the molecule is CC(=O)OC=COC(C)=O.CC(=O)OC=COC(C)=O.CC(=O)O[SiH3].CC(=O)O[SiH3]. The summed E-state index contributed by atoms with van der Waals surface area (Å²) in [4.78, 5) is 59.5. The van der Waals surface area contributed by atoms with Gasteiger partial charge in [-0.1, -0.05) is 0 Å². The lowest BCUT2D eigenvalue weighted by Gasteiger charge is -1.90. The monoisotopic (exact) mass is 468 g/mol. The summed E-state index contributed by atoms with van der Waals surface area (Å²) in [5.74, 6) is -2.19. The van der Waals surface area contributed by atoms with Crippen LogP contribution in [0, 0.1) is 0 Å². The van der Waals surface area contributed by atoms with E-state index in [9.17, 15) is 28.8 Å². The van der Waals surface area contributed by atoms with Crippen molar-refractivity contribution in [3.8, 4) is 0 Å². The molecule has 172 valence electrons. The highest BCUT2D eigenvalue weighted by atomic mass is 28.2. The predicted molar refractivity (Wildman–Crippen MR) is 109 cm³/mol. The van der Waals surface area contributed by atoms with Crippen molar-refractivity contribution in [3.63, 3.8) is 0 Å². The normalized spacial score (nSPS) is 8.73. The van der Waals surface area contributed by atoms with Gasteiger partial charge in [0.2, 0.25) is 21.0 Å².